The van der Waals surface area contributed by atoms with Crippen LogP contribution in [0.4, 0.5) is 0 Å². The highest BCUT2D eigenvalue weighted by Gasteiger charge is 2.36. The Balaban J connectivity index is 2.25. The highest BCUT2D eigenvalue weighted by molar-refractivity contribution is 7.10. The van der Waals surface area contributed by atoms with Crippen molar-refractivity contribution in [2.45, 2.75) is 45.4 Å². The number of rotatable bonds is 3. The summed E-state index contributed by atoms with van der Waals surface area (Å²) >= 11 is 1.73. The van der Waals surface area contributed by atoms with Crippen molar-refractivity contribution >= 4 is 17.3 Å². The summed E-state index contributed by atoms with van der Waals surface area (Å²) in [6, 6.07) is 2.12. The van der Waals surface area contributed by atoms with Crippen LogP contribution >= 0.6 is 11.3 Å². The van der Waals surface area contributed by atoms with Crippen molar-refractivity contribution in [3.05, 3.63) is 21.9 Å². The van der Waals surface area contributed by atoms with Crippen molar-refractivity contribution in [1.29, 1.82) is 0 Å². The molecule has 0 saturated heterocycles. The van der Waals surface area contributed by atoms with Crippen LogP contribution in [0.25, 0.3) is 0 Å². The van der Waals surface area contributed by atoms with Crippen LogP contribution < -0.4 is 0 Å². The largest absolute Gasteiger partial charge is 0.481 e. The summed E-state index contributed by atoms with van der Waals surface area (Å²) in [7, 11) is 0. The lowest BCUT2D eigenvalue weighted by Gasteiger charge is -2.33. The number of hydrogen-bond donors (Lipinski definition) is 1. The van der Waals surface area contributed by atoms with Crippen molar-refractivity contribution in [3.63, 3.8) is 0 Å². The number of aliphatic carboxylic acids is 1. The minimum atomic E-state index is -0.616. The Hall–Kier alpha value is -0.830. The van der Waals surface area contributed by atoms with Crippen molar-refractivity contribution < 1.29 is 9.90 Å². The monoisotopic (exact) mass is 252 g/mol. The van der Waals surface area contributed by atoms with E-state index in [1.54, 1.807) is 11.3 Å². The van der Waals surface area contributed by atoms with Crippen LogP contribution in [-0.2, 0) is 4.79 Å². The molecule has 0 aliphatic heterocycles. The molecule has 1 fully saturated rings. The van der Waals surface area contributed by atoms with Gasteiger partial charge in [-0.1, -0.05) is 13.3 Å². The van der Waals surface area contributed by atoms with Gasteiger partial charge >= 0.3 is 5.97 Å². The smallest absolute Gasteiger partial charge is 0.307 e. The van der Waals surface area contributed by atoms with Gasteiger partial charge in [0.25, 0.3) is 0 Å². The Morgan fingerprint density at radius 3 is 2.82 bits per heavy atom. The van der Waals surface area contributed by atoms with Crippen molar-refractivity contribution in [3.8, 4) is 0 Å². The summed E-state index contributed by atoms with van der Waals surface area (Å²) < 4.78 is 0. The molecule has 1 aliphatic rings. The molecule has 3 unspecified atom stereocenters. The second-order valence-electron chi connectivity index (χ2n) is 5.07. The van der Waals surface area contributed by atoms with Gasteiger partial charge in [-0.25, -0.2) is 0 Å². The van der Waals surface area contributed by atoms with E-state index in [0.717, 1.165) is 19.3 Å². The lowest BCUT2D eigenvalue weighted by molar-refractivity contribution is -0.143. The first-order valence-electron chi connectivity index (χ1n) is 6.40. The third-order valence-corrected chi connectivity index (χ3v) is 5.01. The topological polar surface area (TPSA) is 37.3 Å². The van der Waals surface area contributed by atoms with Gasteiger partial charge in [0.2, 0.25) is 0 Å². The first-order chi connectivity index (χ1) is 8.13. The molecule has 94 valence electrons. The van der Waals surface area contributed by atoms with E-state index in [0.29, 0.717) is 5.92 Å². The van der Waals surface area contributed by atoms with Crippen LogP contribution in [0, 0.1) is 18.8 Å². The minimum absolute atomic E-state index is 0.175. The first-order valence-corrected chi connectivity index (χ1v) is 7.28. The molecule has 1 aliphatic carbocycles. The Morgan fingerprint density at radius 1 is 1.53 bits per heavy atom. The highest BCUT2D eigenvalue weighted by Crippen LogP contribution is 2.43. The fourth-order valence-corrected chi connectivity index (χ4v) is 3.82. The van der Waals surface area contributed by atoms with Gasteiger partial charge in [0.05, 0.1) is 5.92 Å². The van der Waals surface area contributed by atoms with Gasteiger partial charge in [-0.3, -0.25) is 4.79 Å². The van der Waals surface area contributed by atoms with Gasteiger partial charge in [-0.05, 0) is 55.0 Å². The third kappa shape index (κ3) is 2.54. The maximum Gasteiger partial charge on any atom is 0.307 e. The van der Waals surface area contributed by atoms with Gasteiger partial charge in [0, 0.05) is 4.88 Å². The Labute approximate surface area is 107 Å². The molecule has 1 N–H and O–H groups in total. The molecule has 0 aromatic carbocycles. The number of thiophene rings is 1. The molecule has 1 saturated carbocycles. The van der Waals surface area contributed by atoms with E-state index in [9.17, 15) is 9.90 Å². The first kappa shape index (κ1) is 12.6. The van der Waals surface area contributed by atoms with E-state index in [-0.39, 0.29) is 11.8 Å². The quantitative estimate of drug-likeness (QED) is 0.881. The van der Waals surface area contributed by atoms with Crippen LogP contribution in [0.2, 0.25) is 0 Å². The molecule has 0 bridgehead atoms. The van der Waals surface area contributed by atoms with Gasteiger partial charge < -0.3 is 5.11 Å². The molecular weight excluding hydrogens is 232 g/mol. The van der Waals surface area contributed by atoms with Gasteiger partial charge in [0.1, 0.15) is 0 Å². The lowest BCUT2D eigenvalue weighted by Crippen LogP contribution is -2.29. The van der Waals surface area contributed by atoms with Crippen LogP contribution in [0.15, 0.2) is 11.4 Å². The Morgan fingerprint density at radius 2 is 2.29 bits per heavy atom. The fraction of sp³-hybridized carbons (Fsp3) is 0.643. The molecule has 3 atom stereocenters. The molecule has 1 aromatic heterocycles. The molecule has 2 nitrogen and oxygen atoms in total. The third-order valence-electron chi connectivity index (χ3n) is 4.15. The van der Waals surface area contributed by atoms with E-state index in [1.807, 2.05) is 0 Å². The van der Waals surface area contributed by atoms with Gasteiger partial charge in [-0.2, -0.15) is 0 Å². The summed E-state index contributed by atoms with van der Waals surface area (Å²) in [6.07, 6.45) is 4.14. The Bertz CT molecular complexity index is 397. The van der Waals surface area contributed by atoms with Crippen molar-refractivity contribution in [2.24, 2.45) is 11.8 Å². The van der Waals surface area contributed by atoms with Gasteiger partial charge in [-0.15, -0.1) is 11.3 Å². The van der Waals surface area contributed by atoms with Crippen LogP contribution in [0.5, 0.6) is 0 Å². The van der Waals surface area contributed by atoms with Crippen LogP contribution in [-0.4, -0.2) is 11.1 Å². The summed E-state index contributed by atoms with van der Waals surface area (Å²) in [5.41, 5.74) is 1.28. The second-order valence-corrected chi connectivity index (χ2v) is 6.19. The van der Waals surface area contributed by atoms with Crippen LogP contribution in [0.1, 0.15) is 49.0 Å². The zero-order chi connectivity index (χ0) is 12.4. The Kier molecular flexibility index (Phi) is 3.87. The van der Waals surface area contributed by atoms with Crippen molar-refractivity contribution in [2.75, 3.05) is 0 Å². The second kappa shape index (κ2) is 5.21. The number of aryl methyl sites for hydroxylation is 1. The molecular formula is C14H20O2S. The maximum absolute atomic E-state index is 11.4. The van der Waals surface area contributed by atoms with Gasteiger partial charge in [0.15, 0.2) is 0 Å². The summed E-state index contributed by atoms with van der Waals surface area (Å²) in [5.74, 6) is 0.147. The number of carboxylic acid groups (broad SMARTS) is 1. The van der Waals surface area contributed by atoms with E-state index >= 15 is 0 Å². The van der Waals surface area contributed by atoms with Crippen molar-refractivity contribution in [1.82, 2.24) is 0 Å². The molecule has 1 aromatic rings. The molecule has 0 radical (unpaired) electrons. The predicted octanol–water partition coefficient (Wildman–Crippen LogP) is 4.05. The summed E-state index contributed by atoms with van der Waals surface area (Å²) in [5, 5.41) is 11.4. The average molecular weight is 252 g/mol. The SMILES string of the molecule is CCC1CCC(C(=O)O)C(c2ccsc2C)C1. The zero-order valence-corrected chi connectivity index (χ0v) is 11.3. The minimum Gasteiger partial charge on any atom is -0.481 e. The fourth-order valence-electron chi connectivity index (χ4n) is 3.05. The molecule has 2 rings (SSSR count). The molecule has 0 spiro atoms. The highest BCUT2D eigenvalue weighted by atomic mass is 32.1. The standard InChI is InChI=1S/C14H20O2S/c1-3-10-4-5-12(14(15)16)13(8-10)11-6-7-17-9(11)2/h6-7,10,12-13H,3-5,8H2,1-2H3,(H,15,16). The predicted molar refractivity (Wildman–Crippen MR) is 70.6 cm³/mol. The number of hydrogen-bond acceptors (Lipinski definition) is 2. The van der Waals surface area contributed by atoms with Crippen LogP contribution in [0.3, 0.4) is 0 Å². The van der Waals surface area contributed by atoms with E-state index < -0.39 is 5.97 Å². The maximum atomic E-state index is 11.4. The molecule has 0 amide bonds. The summed E-state index contributed by atoms with van der Waals surface area (Å²) in [6.45, 7) is 4.32. The van der Waals surface area contributed by atoms with E-state index in [2.05, 4.69) is 25.3 Å². The average Bonchev–Trinajstić information content (AvgIpc) is 2.74. The summed E-state index contributed by atoms with van der Waals surface area (Å²) in [4.78, 5) is 12.7. The molecule has 17 heavy (non-hydrogen) atoms. The molecule has 1 heterocycles. The normalized spacial score (nSPS) is 29.2. The zero-order valence-electron chi connectivity index (χ0n) is 10.5. The molecule has 3 heteroatoms. The lowest BCUT2D eigenvalue weighted by atomic mass is 9.70. The number of carbonyl (C=O) groups is 1. The van der Waals surface area contributed by atoms with E-state index in [1.165, 1.54) is 16.9 Å². The van der Waals surface area contributed by atoms with E-state index in [4.69, 9.17) is 0 Å². The number of carboxylic acids is 1.